The van der Waals surface area contributed by atoms with Crippen LogP contribution < -0.4 is 9.47 Å². The highest BCUT2D eigenvalue weighted by Gasteiger charge is 2.38. The Kier molecular flexibility index (Phi) is 4.79. The van der Waals surface area contributed by atoms with E-state index in [1.807, 2.05) is 0 Å². The van der Waals surface area contributed by atoms with Crippen LogP contribution in [0, 0.1) is 0 Å². The number of sulfone groups is 1. The molecule has 0 amide bonds. The van der Waals surface area contributed by atoms with Crippen molar-refractivity contribution in [1.29, 1.82) is 0 Å². The third kappa shape index (κ3) is 3.25. The molecule has 0 aliphatic carbocycles. The predicted molar refractivity (Wildman–Crippen MR) is 97.4 cm³/mol. The molecule has 0 radical (unpaired) electrons. The first-order valence-corrected chi connectivity index (χ1v) is 11.8. The lowest BCUT2D eigenvalue weighted by atomic mass is 10.2. The van der Waals surface area contributed by atoms with Crippen molar-refractivity contribution in [2.45, 2.75) is 28.1 Å². The molecular weight excluding hydrogens is 408 g/mol. The molecule has 0 atom stereocenters. The number of aryl methyl sites for hydroxylation is 1. The van der Waals surface area contributed by atoms with Crippen LogP contribution in [0.25, 0.3) is 0 Å². The van der Waals surface area contributed by atoms with E-state index in [2.05, 4.69) is 10.2 Å². The average Bonchev–Trinajstić information content (AvgIpc) is 3.14. The molecule has 1 aromatic heterocycles. The van der Waals surface area contributed by atoms with E-state index in [4.69, 9.17) is 9.47 Å². The summed E-state index contributed by atoms with van der Waals surface area (Å²) in [7, 11) is -5.86. The molecule has 12 heteroatoms. The van der Waals surface area contributed by atoms with Gasteiger partial charge in [0.15, 0.2) is 11.5 Å². The maximum atomic E-state index is 13.0. The first-order chi connectivity index (χ1) is 13.3. The molecule has 0 unspecified atom stereocenters. The van der Waals surface area contributed by atoms with Crippen LogP contribution in [-0.2, 0) is 26.9 Å². The number of hydrogen-bond acceptors (Lipinski definition) is 8. The normalized spacial score (nSPS) is 18.9. The molecule has 3 heterocycles. The first kappa shape index (κ1) is 19.2. The van der Waals surface area contributed by atoms with Crippen LogP contribution in [0.4, 0.5) is 0 Å². The van der Waals surface area contributed by atoms with Gasteiger partial charge in [-0.25, -0.2) is 16.8 Å². The molecule has 4 rings (SSSR count). The largest absolute Gasteiger partial charge is 0.486 e. The number of rotatable bonds is 4. The number of ether oxygens (including phenoxy) is 2. The highest BCUT2D eigenvalue weighted by Crippen LogP contribution is 2.34. The van der Waals surface area contributed by atoms with Gasteiger partial charge in [-0.1, -0.05) is 0 Å². The van der Waals surface area contributed by atoms with Crippen molar-refractivity contribution >= 4 is 19.9 Å². The molecule has 152 valence electrons. The van der Waals surface area contributed by atoms with Crippen LogP contribution in [0.15, 0.2) is 34.6 Å². The molecule has 1 fully saturated rings. The van der Waals surface area contributed by atoms with E-state index in [1.54, 1.807) is 13.1 Å². The molecule has 10 nitrogen and oxygen atoms in total. The molecule has 2 aliphatic heterocycles. The average molecular weight is 428 g/mol. The van der Waals surface area contributed by atoms with Gasteiger partial charge in [-0.2, -0.15) is 4.31 Å². The Morgan fingerprint density at radius 1 is 1.04 bits per heavy atom. The van der Waals surface area contributed by atoms with E-state index < -0.39 is 25.1 Å². The Hall–Kier alpha value is -2.18. The van der Waals surface area contributed by atoms with Gasteiger partial charge in [0.25, 0.3) is 0 Å². The Bertz CT molecular complexity index is 1090. The van der Waals surface area contributed by atoms with E-state index in [0.717, 1.165) is 0 Å². The molecule has 0 spiro atoms. The molecule has 0 bridgehead atoms. The minimum Gasteiger partial charge on any atom is -0.486 e. The monoisotopic (exact) mass is 428 g/mol. The highest BCUT2D eigenvalue weighted by atomic mass is 32.2. The lowest BCUT2D eigenvalue weighted by molar-refractivity contribution is 0.171. The van der Waals surface area contributed by atoms with Gasteiger partial charge in [0.05, 0.1) is 10.1 Å². The van der Waals surface area contributed by atoms with Crippen molar-refractivity contribution in [3.8, 4) is 11.5 Å². The maximum Gasteiger partial charge on any atom is 0.249 e. The van der Waals surface area contributed by atoms with Crippen LogP contribution in [0.5, 0.6) is 11.5 Å². The number of piperidine rings is 1. The molecule has 28 heavy (non-hydrogen) atoms. The van der Waals surface area contributed by atoms with E-state index in [-0.39, 0.29) is 36.0 Å². The summed E-state index contributed by atoms with van der Waals surface area (Å²) in [5.74, 6) is 0.908. The second kappa shape index (κ2) is 7.01. The molecular formula is C16H20N4O6S2. The number of benzene rings is 1. The van der Waals surface area contributed by atoms with Crippen LogP contribution in [-0.4, -0.2) is 67.5 Å². The standard InChI is InChI=1S/C16H20N4O6S2/c1-19-11-17-18-16(19)27(21,22)12-4-6-20(7-5-12)28(23,24)13-2-3-14-15(10-13)26-9-8-25-14/h2-3,10-12H,4-9H2,1H3. The second-order valence-electron chi connectivity index (χ2n) is 6.68. The van der Waals surface area contributed by atoms with Gasteiger partial charge in [0.2, 0.25) is 25.0 Å². The third-order valence-electron chi connectivity index (χ3n) is 4.92. The first-order valence-electron chi connectivity index (χ1n) is 8.78. The lowest BCUT2D eigenvalue weighted by Gasteiger charge is -2.30. The number of fused-ring (bicyclic) bond motifs is 1. The second-order valence-corrected chi connectivity index (χ2v) is 10.7. The van der Waals surface area contributed by atoms with Gasteiger partial charge in [-0.05, 0) is 25.0 Å². The SMILES string of the molecule is Cn1cnnc1S(=O)(=O)C1CCN(S(=O)(=O)c2ccc3c(c2)OCCO3)CC1. The van der Waals surface area contributed by atoms with Crippen molar-refractivity contribution in [3.63, 3.8) is 0 Å². The van der Waals surface area contributed by atoms with Gasteiger partial charge in [-0.15, -0.1) is 10.2 Å². The smallest absolute Gasteiger partial charge is 0.249 e. The summed E-state index contributed by atoms with van der Waals surface area (Å²) in [6.07, 6.45) is 1.71. The molecule has 2 aliphatic rings. The predicted octanol–water partition coefficient (Wildman–Crippen LogP) is 0.213. The van der Waals surface area contributed by atoms with Crippen LogP contribution >= 0.6 is 0 Å². The van der Waals surface area contributed by atoms with Crippen molar-refractivity contribution in [1.82, 2.24) is 19.1 Å². The number of hydrogen-bond donors (Lipinski definition) is 0. The van der Waals surface area contributed by atoms with Crippen molar-refractivity contribution in [3.05, 3.63) is 24.5 Å². The number of nitrogens with zero attached hydrogens (tertiary/aromatic N) is 4. The Morgan fingerprint density at radius 2 is 1.71 bits per heavy atom. The zero-order valence-corrected chi connectivity index (χ0v) is 16.8. The van der Waals surface area contributed by atoms with Gasteiger partial charge in [0.1, 0.15) is 19.5 Å². The Balaban J connectivity index is 1.51. The molecule has 2 aromatic rings. The molecule has 0 saturated carbocycles. The summed E-state index contributed by atoms with van der Waals surface area (Å²) in [6, 6.07) is 4.50. The topological polar surface area (TPSA) is 121 Å². The quantitative estimate of drug-likeness (QED) is 0.678. The Labute approximate surface area is 163 Å². The summed E-state index contributed by atoms with van der Waals surface area (Å²) in [6.45, 7) is 1.01. The highest BCUT2D eigenvalue weighted by molar-refractivity contribution is 7.92. The van der Waals surface area contributed by atoms with Gasteiger partial charge >= 0.3 is 0 Å². The number of sulfonamides is 1. The van der Waals surface area contributed by atoms with Gasteiger partial charge < -0.3 is 14.0 Å². The maximum absolute atomic E-state index is 13.0. The van der Waals surface area contributed by atoms with E-state index in [0.29, 0.717) is 24.7 Å². The lowest BCUT2D eigenvalue weighted by Crippen LogP contribution is -2.42. The molecule has 1 saturated heterocycles. The fraction of sp³-hybridized carbons (Fsp3) is 0.500. The van der Waals surface area contributed by atoms with Crippen LogP contribution in [0.3, 0.4) is 0 Å². The van der Waals surface area contributed by atoms with Crippen LogP contribution in [0.1, 0.15) is 12.8 Å². The Morgan fingerprint density at radius 3 is 2.36 bits per heavy atom. The van der Waals surface area contributed by atoms with Gasteiger partial charge in [0, 0.05) is 26.2 Å². The van der Waals surface area contributed by atoms with Crippen LogP contribution in [0.2, 0.25) is 0 Å². The molecule has 0 N–H and O–H groups in total. The van der Waals surface area contributed by atoms with E-state index in [1.165, 1.54) is 27.3 Å². The van der Waals surface area contributed by atoms with E-state index in [9.17, 15) is 16.8 Å². The summed E-state index contributed by atoms with van der Waals surface area (Å²) < 4.78 is 64.9. The minimum absolute atomic E-state index is 0.0966. The van der Waals surface area contributed by atoms with E-state index >= 15 is 0 Å². The van der Waals surface area contributed by atoms with Crippen molar-refractivity contribution < 1.29 is 26.3 Å². The molecule has 1 aromatic carbocycles. The van der Waals surface area contributed by atoms with Crippen molar-refractivity contribution in [2.24, 2.45) is 7.05 Å². The fourth-order valence-corrected chi connectivity index (χ4v) is 6.62. The summed E-state index contributed by atoms with van der Waals surface area (Å²) in [5, 5.41) is 6.51. The zero-order valence-electron chi connectivity index (χ0n) is 15.2. The summed E-state index contributed by atoms with van der Waals surface area (Å²) in [5.41, 5.74) is 0. The van der Waals surface area contributed by atoms with Crippen molar-refractivity contribution in [2.75, 3.05) is 26.3 Å². The summed E-state index contributed by atoms with van der Waals surface area (Å²) in [4.78, 5) is 0.103. The third-order valence-corrected chi connectivity index (χ3v) is 9.04. The minimum atomic E-state index is -3.76. The zero-order chi connectivity index (χ0) is 19.9. The summed E-state index contributed by atoms with van der Waals surface area (Å²) >= 11 is 0. The van der Waals surface area contributed by atoms with Gasteiger partial charge in [-0.3, -0.25) is 0 Å². The fourth-order valence-electron chi connectivity index (χ4n) is 3.40. The number of aromatic nitrogens is 3.